The number of hydrogen-bond donors (Lipinski definition) is 1. The number of aromatic nitrogens is 2. The SMILES string of the molecule is CCc1nc([C@@H]2CCCN2C[C@H](O)COCc2ccco2)no1. The van der Waals surface area contributed by atoms with Crippen LogP contribution in [0, 0.1) is 0 Å². The van der Waals surface area contributed by atoms with Crippen LogP contribution in [0.5, 0.6) is 0 Å². The van der Waals surface area contributed by atoms with Crippen molar-refractivity contribution in [3.63, 3.8) is 0 Å². The molecule has 0 amide bonds. The third-order valence-corrected chi connectivity index (χ3v) is 4.03. The molecule has 0 bridgehead atoms. The van der Waals surface area contributed by atoms with Crippen molar-refractivity contribution in [3.8, 4) is 0 Å². The fourth-order valence-corrected chi connectivity index (χ4v) is 2.90. The predicted octanol–water partition coefficient (Wildman–Crippen LogP) is 1.94. The molecule has 0 aromatic carbocycles. The highest BCUT2D eigenvalue weighted by molar-refractivity contribution is 4.99. The Kier molecular flexibility index (Phi) is 5.43. The molecule has 1 aliphatic rings. The molecule has 2 aromatic rings. The minimum atomic E-state index is -0.553. The molecule has 7 nitrogen and oxygen atoms in total. The number of hydrogen-bond acceptors (Lipinski definition) is 7. The van der Waals surface area contributed by atoms with Crippen molar-refractivity contribution in [2.45, 2.75) is 44.9 Å². The summed E-state index contributed by atoms with van der Waals surface area (Å²) in [6.07, 6.45) is 3.86. The topological polar surface area (TPSA) is 84.8 Å². The largest absolute Gasteiger partial charge is 0.467 e. The lowest BCUT2D eigenvalue weighted by atomic mass is 10.2. The standard InChI is InChI=1S/C16H23N3O4/c1-2-15-17-16(18-23-15)14-6-3-7-19(14)9-12(20)10-21-11-13-5-4-8-22-13/h4-5,8,12,14,20H,2-3,6-7,9-11H2,1H3/t12-,14-/m0/s1. The number of furan rings is 1. The summed E-state index contributed by atoms with van der Waals surface area (Å²) in [6, 6.07) is 3.79. The van der Waals surface area contributed by atoms with Crippen LogP contribution < -0.4 is 0 Å². The maximum atomic E-state index is 10.2. The molecule has 2 aromatic heterocycles. The lowest BCUT2D eigenvalue weighted by molar-refractivity contribution is 0.00252. The number of likely N-dealkylation sites (tertiary alicyclic amines) is 1. The van der Waals surface area contributed by atoms with Crippen LogP contribution in [0.2, 0.25) is 0 Å². The van der Waals surface area contributed by atoms with Gasteiger partial charge in [0.05, 0.1) is 25.0 Å². The fourth-order valence-electron chi connectivity index (χ4n) is 2.90. The van der Waals surface area contributed by atoms with Crippen molar-refractivity contribution >= 4 is 0 Å². The Bertz CT molecular complexity index is 584. The first-order chi connectivity index (χ1) is 11.3. The molecule has 0 unspecified atom stereocenters. The van der Waals surface area contributed by atoms with Gasteiger partial charge in [-0.1, -0.05) is 12.1 Å². The molecule has 1 N–H and O–H groups in total. The molecule has 0 saturated carbocycles. The summed E-state index contributed by atoms with van der Waals surface area (Å²) in [6.45, 7) is 4.10. The molecule has 1 fully saturated rings. The minimum absolute atomic E-state index is 0.124. The molecule has 3 rings (SSSR count). The van der Waals surface area contributed by atoms with Crippen LogP contribution >= 0.6 is 0 Å². The summed E-state index contributed by atoms with van der Waals surface area (Å²) < 4.78 is 15.9. The average Bonchev–Trinajstić information content (AvgIpc) is 3.28. The summed E-state index contributed by atoms with van der Waals surface area (Å²) in [5.74, 6) is 2.15. The predicted molar refractivity (Wildman–Crippen MR) is 81.6 cm³/mol. The molecule has 23 heavy (non-hydrogen) atoms. The van der Waals surface area contributed by atoms with Gasteiger partial charge in [0.2, 0.25) is 5.89 Å². The van der Waals surface area contributed by atoms with E-state index in [9.17, 15) is 5.11 Å². The monoisotopic (exact) mass is 321 g/mol. The van der Waals surface area contributed by atoms with Gasteiger partial charge in [0.15, 0.2) is 5.82 Å². The number of β-amino-alcohol motifs (C(OH)–C–C–N with tert-alkyl or cyclic N) is 1. The van der Waals surface area contributed by atoms with Gasteiger partial charge in [-0.05, 0) is 31.5 Å². The van der Waals surface area contributed by atoms with Crippen LogP contribution in [-0.4, -0.2) is 45.9 Å². The second-order valence-electron chi connectivity index (χ2n) is 5.80. The van der Waals surface area contributed by atoms with E-state index in [1.54, 1.807) is 6.26 Å². The summed E-state index contributed by atoms with van der Waals surface area (Å²) in [4.78, 5) is 6.62. The fraction of sp³-hybridized carbons (Fsp3) is 0.625. The van der Waals surface area contributed by atoms with Crippen molar-refractivity contribution < 1.29 is 18.8 Å². The third kappa shape index (κ3) is 4.19. The van der Waals surface area contributed by atoms with E-state index >= 15 is 0 Å². The zero-order valence-electron chi connectivity index (χ0n) is 13.4. The van der Waals surface area contributed by atoms with Gasteiger partial charge in [0.1, 0.15) is 12.4 Å². The second kappa shape index (κ2) is 7.72. The molecule has 1 aliphatic heterocycles. The third-order valence-electron chi connectivity index (χ3n) is 4.03. The van der Waals surface area contributed by atoms with Crippen molar-refractivity contribution in [1.82, 2.24) is 15.0 Å². The average molecular weight is 321 g/mol. The van der Waals surface area contributed by atoms with E-state index in [2.05, 4.69) is 15.0 Å². The molecule has 0 spiro atoms. The number of aryl methyl sites for hydroxylation is 1. The quantitative estimate of drug-likeness (QED) is 0.795. The second-order valence-corrected chi connectivity index (χ2v) is 5.80. The molecule has 3 heterocycles. The Morgan fingerprint density at radius 1 is 1.52 bits per heavy atom. The van der Waals surface area contributed by atoms with Gasteiger partial charge in [-0.2, -0.15) is 4.98 Å². The summed E-state index contributed by atoms with van der Waals surface area (Å²) in [5, 5.41) is 14.3. The smallest absolute Gasteiger partial charge is 0.226 e. The van der Waals surface area contributed by atoms with Gasteiger partial charge in [-0.25, -0.2) is 0 Å². The highest BCUT2D eigenvalue weighted by atomic mass is 16.5. The number of aliphatic hydroxyl groups excluding tert-OH is 1. The Morgan fingerprint density at radius 3 is 3.17 bits per heavy atom. The number of aliphatic hydroxyl groups is 1. The van der Waals surface area contributed by atoms with Gasteiger partial charge >= 0.3 is 0 Å². The summed E-state index contributed by atoms with van der Waals surface area (Å²) in [7, 11) is 0. The minimum Gasteiger partial charge on any atom is -0.467 e. The van der Waals surface area contributed by atoms with Gasteiger partial charge in [0.25, 0.3) is 0 Å². The number of rotatable bonds is 8. The molecule has 1 saturated heterocycles. The van der Waals surface area contributed by atoms with Crippen molar-refractivity contribution in [3.05, 3.63) is 35.9 Å². The van der Waals surface area contributed by atoms with Crippen molar-refractivity contribution in [2.75, 3.05) is 19.7 Å². The van der Waals surface area contributed by atoms with E-state index in [1.165, 1.54) is 0 Å². The zero-order valence-corrected chi connectivity index (χ0v) is 13.4. The lowest BCUT2D eigenvalue weighted by Gasteiger charge is -2.24. The molecule has 7 heteroatoms. The lowest BCUT2D eigenvalue weighted by Crippen LogP contribution is -2.35. The first-order valence-electron chi connectivity index (χ1n) is 8.11. The van der Waals surface area contributed by atoms with E-state index < -0.39 is 6.10 Å². The molecule has 0 radical (unpaired) electrons. The van der Waals surface area contributed by atoms with Crippen LogP contribution in [0.3, 0.4) is 0 Å². The number of nitrogens with zero attached hydrogens (tertiary/aromatic N) is 3. The van der Waals surface area contributed by atoms with E-state index in [1.807, 2.05) is 19.1 Å². The molecular weight excluding hydrogens is 298 g/mol. The van der Waals surface area contributed by atoms with E-state index in [4.69, 9.17) is 13.7 Å². The number of ether oxygens (including phenoxy) is 1. The van der Waals surface area contributed by atoms with Gasteiger partial charge in [0, 0.05) is 13.0 Å². The van der Waals surface area contributed by atoms with E-state index in [0.29, 0.717) is 19.0 Å². The molecule has 2 atom stereocenters. The molecule has 126 valence electrons. The maximum Gasteiger partial charge on any atom is 0.226 e. The highest BCUT2D eigenvalue weighted by Crippen LogP contribution is 2.30. The van der Waals surface area contributed by atoms with Crippen LogP contribution in [0.4, 0.5) is 0 Å². The Balaban J connectivity index is 1.47. The van der Waals surface area contributed by atoms with Gasteiger partial charge in [-0.15, -0.1) is 0 Å². The van der Waals surface area contributed by atoms with Crippen molar-refractivity contribution in [1.29, 1.82) is 0 Å². The van der Waals surface area contributed by atoms with Crippen LogP contribution in [0.25, 0.3) is 0 Å². The van der Waals surface area contributed by atoms with Crippen LogP contribution in [0.15, 0.2) is 27.3 Å². The molecule has 0 aliphatic carbocycles. The van der Waals surface area contributed by atoms with Crippen LogP contribution in [-0.2, 0) is 17.8 Å². The van der Waals surface area contributed by atoms with E-state index in [-0.39, 0.29) is 12.6 Å². The highest BCUT2D eigenvalue weighted by Gasteiger charge is 2.31. The Hall–Kier alpha value is -1.70. The summed E-state index contributed by atoms with van der Waals surface area (Å²) in [5.41, 5.74) is 0. The first-order valence-corrected chi connectivity index (χ1v) is 8.11. The van der Waals surface area contributed by atoms with Gasteiger partial charge < -0.3 is 18.8 Å². The van der Waals surface area contributed by atoms with Crippen molar-refractivity contribution in [2.24, 2.45) is 0 Å². The normalized spacial score (nSPS) is 20.2. The Labute approximate surface area is 135 Å². The van der Waals surface area contributed by atoms with Crippen LogP contribution in [0.1, 0.15) is 43.3 Å². The first kappa shape index (κ1) is 16.2. The van der Waals surface area contributed by atoms with Gasteiger partial charge in [-0.3, -0.25) is 4.90 Å². The summed E-state index contributed by atoms with van der Waals surface area (Å²) >= 11 is 0. The molecular formula is C16H23N3O4. The maximum absolute atomic E-state index is 10.2. The Morgan fingerprint density at radius 2 is 2.43 bits per heavy atom. The zero-order chi connectivity index (χ0) is 16.1. The van der Waals surface area contributed by atoms with E-state index in [0.717, 1.165) is 37.4 Å².